The van der Waals surface area contributed by atoms with Crippen LogP contribution in [0.15, 0.2) is 76.2 Å². The Balaban J connectivity index is 1.92. The van der Waals surface area contributed by atoms with Gasteiger partial charge < -0.3 is 14.3 Å². The van der Waals surface area contributed by atoms with Crippen LogP contribution in [-0.2, 0) is 23.1 Å². The van der Waals surface area contributed by atoms with E-state index in [2.05, 4.69) is 0 Å². The van der Waals surface area contributed by atoms with Crippen LogP contribution in [0.1, 0.15) is 21.7 Å². The van der Waals surface area contributed by atoms with Crippen LogP contribution in [0.3, 0.4) is 0 Å². The smallest absolute Gasteiger partial charge is 0.335 e. The molecule has 2 aromatic carbocycles. The molecule has 0 aliphatic rings. The van der Waals surface area contributed by atoms with Gasteiger partial charge in [-0.3, -0.25) is 0 Å². The van der Waals surface area contributed by atoms with E-state index in [1.54, 1.807) is 43.5 Å². The van der Waals surface area contributed by atoms with Crippen molar-refractivity contribution >= 4 is 16.0 Å². The third kappa shape index (κ3) is 4.41. The highest BCUT2D eigenvalue weighted by molar-refractivity contribution is 7.89. The molecular formula is C20H19NO6S. The topological polar surface area (TPSA) is 97.0 Å². The molecule has 1 heterocycles. The summed E-state index contributed by atoms with van der Waals surface area (Å²) in [5.41, 5.74) is 0.796. The molecule has 0 spiro atoms. The lowest BCUT2D eigenvalue weighted by Crippen LogP contribution is -2.30. The third-order valence-corrected chi connectivity index (χ3v) is 5.98. The van der Waals surface area contributed by atoms with Gasteiger partial charge in [0.15, 0.2) is 0 Å². The molecule has 146 valence electrons. The molecule has 0 aliphatic carbocycles. The minimum atomic E-state index is -3.88. The van der Waals surface area contributed by atoms with Gasteiger partial charge >= 0.3 is 5.97 Å². The van der Waals surface area contributed by atoms with Gasteiger partial charge in [-0.05, 0) is 54.1 Å². The number of sulfonamides is 1. The van der Waals surface area contributed by atoms with Gasteiger partial charge in [-0.2, -0.15) is 4.31 Å². The zero-order chi connectivity index (χ0) is 20.1. The van der Waals surface area contributed by atoms with E-state index < -0.39 is 16.0 Å². The van der Waals surface area contributed by atoms with E-state index in [0.717, 1.165) is 5.56 Å². The number of carboxylic acids is 1. The van der Waals surface area contributed by atoms with Crippen LogP contribution in [0, 0.1) is 0 Å². The number of carbonyl (C=O) groups is 1. The van der Waals surface area contributed by atoms with Crippen LogP contribution < -0.4 is 4.74 Å². The molecule has 0 saturated heterocycles. The fourth-order valence-electron chi connectivity index (χ4n) is 2.66. The molecule has 8 heteroatoms. The summed E-state index contributed by atoms with van der Waals surface area (Å²) in [5, 5.41) is 9.01. The number of carboxylic acid groups (broad SMARTS) is 1. The molecule has 0 amide bonds. The predicted octanol–water partition coefficient (Wildman–Crippen LogP) is 3.38. The zero-order valence-corrected chi connectivity index (χ0v) is 15.9. The molecule has 0 bridgehead atoms. The van der Waals surface area contributed by atoms with Crippen molar-refractivity contribution in [2.45, 2.75) is 18.0 Å². The lowest BCUT2D eigenvalue weighted by molar-refractivity contribution is 0.0696. The largest absolute Gasteiger partial charge is 0.497 e. The molecule has 0 unspecified atom stereocenters. The number of benzene rings is 2. The minimum absolute atomic E-state index is 0.0116. The summed E-state index contributed by atoms with van der Waals surface area (Å²) < 4.78 is 38.1. The van der Waals surface area contributed by atoms with E-state index in [0.29, 0.717) is 11.5 Å². The van der Waals surface area contributed by atoms with Gasteiger partial charge in [-0.15, -0.1) is 0 Å². The summed E-state index contributed by atoms with van der Waals surface area (Å²) in [6.45, 7) is 0.162. The number of ether oxygens (including phenoxy) is 1. The van der Waals surface area contributed by atoms with Crippen molar-refractivity contribution in [3.8, 4) is 5.75 Å². The average molecular weight is 401 g/mol. The van der Waals surface area contributed by atoms with Gasteiger partial charge in [-0.25, -0.2) is 13.2 Å². The van der Waals surface area contributed by atoms with Crippen molar-refractivity contribution in [2.75, 3.05) is 7.11 Å². The normalized spacial score (nSPS) is 11.5. The van der Waals surface area contributed by atoms with Crippen molar-refractivity contribution in [1.29, 1.82) is 0 Å². The van der Waals surface area contributed by atoms with Crippen molar-refractivity contribution in [3.63, 3.8) is 0 Å². The maximum absolute atomic E-state index is 13.2. The number of rotatable bonds is 8. The van der Waals surface area contributed by atoms with Crippen molar-refractivity contribution in [1.82, 2.24) is 4.31 Å². The fourth-order valence-corrected chi connectivity index (χ4v) is 4.05. The zero-order valence-electron chi connectivity index (χ0n) is 15.1. The van der Waals surface area contributed by atoms with Crippen LogP contribution in [0.4, 0.5) is 0 Å². The van der Waals surface area contributed by atoms with Crippen molar-refractivity contribution < 1.29 is 27.5 Å². The molecule has 0 atom stereocenters. The number of furan rings is 1. The Kier molecular flexibility index (Phi) is 5.81. The Hall–Kier alpha value is -3.10. The Bertz CT molecular complexity index is 1030. The van der Waals surface area contributed by atoms with E-state index in [1.807, 2.05) is 0 Å². The Morgan fingerprint density at radius 1 is 1.04 bits per heavy atom. The summed E-state index contributed by atoms with van der Waals surface area (Å²) >= 11 is 0. The van der Waals surface area contributed by atoms with Crippen LogP contribution in [0.25, 0.3) is 0 Å². The second-order valence-corrected chi connectivity index (χ2v) is 7.97. The third-order valence-electron chi connectivity index (χ3n) is 4.17. The van der Waals surface area contributed by atoms with E-state index >= 15 is 0 Å². The summed E-state index contributed by atoms with van der Waals surface area (Å²) in [6, 6.07) is 15.6. The maximum Gasteiger partial charge on any atom is 0.335 e. The number of hydrogen-bond donors (Lipinski definition) is 1. The molecule has 0 fully saturated rings. The lowest BCUT2D eigenvalue weighted by atomic mass is 10.2. The van der Waals surface area contributed by atoms with Gasteiger partial charge in [-0.1, -0.05) is 12.1 Å². The second-order valence-electron chi connectivity index (χ2n) is 6.03. The Morgan fingerprint density at radius 2 is 1.71 bits per heavy atom. The first-order valence-corrected chi connectivity index (χ1v) is 9.83. The summed E-state index contributed by atoms with van der Waals surface area (Å²) in [6.07, 6.45) is 1.48. The molecule has 3 aromatic rings. The highest BCUT2D eigenvalue weighted by atomic mass is 32.2. The second kappa shape index (κ2) is 8.28. The van der Waals surface area contributed by atoms with E-state index in [1.165, 1.54) is 34.8 Å². The van der Waals surface area contributed by atoms with Crippen molar-refractivity contribution in [3.05, 3.63) is 83.8 Å². The number of nitrogens with zero attached hydrogens (tertiary/aromatic N) is 1. The van der Waals surface area contributed by atoms with Gasteiger partial charge in [0.2, 0.25) is 10.0 Å². The SMILES string of the molecule is COc1ccc(CN(Cc2ccco2)S(=O)(=O)c2ccc(C(=O)O)cc2)cc1. The Morgan fingerprint density at radius 3 is 2.25 bits per heavy atom. The Labute approximate surface area is 162 Å². The standard InChI is InChI=1S/C20H19NO6S/c1-26-17-8-4-15(5-9-17)13-21(14-18-3-2-12-27-18)28(24,25)19-10-6-16(7-11-19)20(22)23/h2-12H,13-14H2,1H3,(H,22,23). The average Bonchev–Trinajstić information content (AvgIpc) is 3.21. The maximum atomic E-state index is 13.2. The highest BCUT2D eigenvalue weighted by Gasteiger charge is 2.26. The molecule has 0 saturated carbocycles. The first-order valence-electron chi connectivity index (χ1n) is 8.39. The summed E-state index contributed by atoms with van der Waals surface area (Å²) in [4.78, 5) is 11.0. The van der Waals surface area contributed by atoms with Crippen LogP contribution in [0.5, 0.6) is 5.75 Å². The quantitative estimate of drug-likeness (QED) is 0.622. The molecule has 7 nitrogen and oxygen atoms in total. The number of hydrogen-bond acceptors (Lipinski definition) is 5. The van der Waals surface area contributed by atoms with Gasteiger partial charge in [0, 0.05) is 6.54 Å². The van der Waals surface area contributed by atoms with Crippen LogP contribution >= 0.6 is 0 Å². The number of aromatic carboxylic acids is 1. The van der Waals surface area contributed by atoms with Gasteiger partial charge in [0.1, 0.15) is 11.5 Å². The predicted molar refractivity (Wildman–Crippen MR) is 102 cm³/mol. The molecule has 0 radical (unpaired) electrons. The fraction of sp³-hybridized carbons (Fsp3) is 0.150. The monoisotopic (exact) mass is 401 g/mol. The van der Waals surface area contributed by atoms with E-state index in [-0.39, 0.29) is 23.5 Å². The molecular weight excluding hydrogens is 382 g/mol. The molecule has 1 N–H and O–H groups in total. The first-order chi connectivity index (χ1) is 13.4. The summed E-state index contributed by atoms with van der Waals surface area (Å²) in [5.74, 6) is 0.0577. The lowest BCUT2D eigenvalue weighted by Gasteiger charge is -2.21. The minimum Gasteiger partial charge on any atom is -0.497 e. The van der Waals surface area contributed by atoms with Gasteiger partial charge in [0.05, 0.1) is 30.4 Å². The highest BCUT2D eigenvalue weighted by Crippen LogP contribution is 2.23. The first kappa shape index (κ1) is 19.7. The number of methoxy groups -OCH3 is 1. The molecule has 28 heavy (non-hydrogen) atoms. The van der Waals surface area contributed by atoms with E-state index in [4.69, 9.17) is 14.3 Å². The molecule has 1 aromatic heterocycles. The molecule has 3 rings (SSSR count). The van der Waals surface area contributed by atoms with Gasteiger partial charge in [0.25, 0.3) is 0 Å². The van der Waals surface area contributed by atoms with Crippen LogP contribution in [0.2, 0.25) is 0 Å². The van der Waals surface area contributed by atoms with Crippen LogP contribution in [-0.4, -0.2) is 30.9 Å². The van der Waals surface area contributed by atoms with Crippen molar-refractivity contribution in [2.24, 2.45) is 0 Å². The van der Waals surface area contributed by atoms with E-state index in [9.17, 15) is 13.2 Å². The molecule has 0 aliphatic heterocycles. The summed E-state index contributed by atoms with van der Waals surface area (Å²) in [7, 11) is -2.33.